The molecule has 6 nitrogen and oxygen atoms in total. The molecule has 0 radical (unpaired) electrons. The van der Waals surface area contributed by atoms with Gasteiger partial charge in [0.15, 0.2) is 0 Å². The van der Waals surface area contributed by atoms with E-state index in [1.807, 2.05) is 18.2 Å². The van der Waals surface area contributed by atoms with Gasteiger partial charge in [0.25, 0.3) is 0 Å². The lowest BCUT2D eigenvalue weighted by Gasteiger charge is -2.30. The fraction of sp³-hybridized carbons (Fsp3) is 0.650. The van der Waals surface area contributed by atoms with Crippen molar-refractivity contribution in [2.24, 2.45) is 11.8 Å². The van der Waals surface area contributed by atoms with Crippen LogP contribution in [0.1, 0.15) is 31.7 Å². The van der Waals surface area contributed by atoms with Crippen LogP contribution >= 0.6 is 11.6 Å². The van der Waals surface area contributed by atoms with Gasteiger partial charge in [-0.2, -0.15) is 0 Å². The molecule has 1 aromatic carbocycles. The Balaban J connectivity index is 1.45. The van der Waals surface area contributed by atoms with Gasteiger partial charge in [-0.15, -0.1) is 0 Å². The van der Waals surface area contributed by atoms with Crippen LogP contribution in [0.25, 0.3) is 0 Å². The number of hydrogen-bond acceptors (Lipinski definition) is 4. The zero-order valence-electron chi connectivity index (χ0n) is 16.7. The first-order valence-electron chi connectivity index (χ1n) is 10.1. The van der Waals surface area contributed by atoms with Crippen LogP contribution in [0.4, 0.5) is 5.69 Å². The van der Waals surface area contributed by atoms with E-state index in [9.17, 15) is 13.2 Å². The van der Waals surface area contributed by atoms with Crippen LogP contribution in [0.3, 0.4) is 0 Å². The van der Waals surface area contributed by atoms with Gasteiger partial charge in [-0.3, -0.25) is 4.79 Å². The number of benzene rings is 1. The number of halogens is 1. The van der Waals surface area contributed by atoms with Gasteiger partial charge in [0.05, 0.1) is 5.75 Å². The molecule has 8 heteroatoms. The van der Waals surface area contributed by atoms with Crippen molar-refractivity contribution < 1.29 is 13.2 Å². The molecule has 1 amide bonds. The van der Waals surface area contributed by atoms with E-state index >= 15 is 0 Å². The molecule has 0 saturated carbocycles. The summed E-state index contributed by atoms with van der Waals surface area (Å²) in [6.07, 6.45) is 2.24. The molecule has 0 spiro atoms. The van der Waals surface area contributed by atoms with Gasteiger partial charge >= 0.3 is 0 Å². The highest BCUT2D eigenvalue weighted by atomic mass is 35.5. The number of aryl methyl sites for hydroxylation is 1. The van der Waals surface area contributed by atoms with Crippen LogP contribution in [-0.4, -0.2) is 57.1 Å². The molecule has 0 bridgehead atoms. The molecule has 156 valence electrons. The molecule has 1 aromatic rings. The van der Waals surface area contributed by atoms with Crippen molar-refractivity contribution in [2.45, 2.75) is 33.1 Å². The first kappa shape index (κ1) is 21.4. The molecule has 2 heterocycles. The summed E-state index contributed by atoms with van der Waals surface area (Å²) in [4.78, 5) is 14.9. The number of nitrogens with one attached hydrogen (secondary N) is 1. The second-order valence-corrected chi connectivity index (χ2v) is 10.5. The lowest BCUT2D eigenvalue weighted by Crippen LogP contribution is -2.44. The Morgan fingerprint density at radius 3 is 2.61 bits per heavy atom. The number of amides is 1. The maximum atomic E-state index is 12.5. The molecule has 3 rings (SSSR count). The van der Waals surface area contributed by atoms with Crippen molar-refractivity contribution in [2.75, 3.05) is 43.4 Å². The molecule has 28 heavy (non-hydrogen) atoms. The van der Waals surface area contributed by atoms with E-state index < -0.39 is 10.0 Å². The Bertz CT molecular complexity index is 807. The van der Waals surface area contributed by atoms with Crippen LogP contribution in [0, 0.1) is 18.8 Å². The number of carbonyl (C=O) groups is 1. The van der Waals surface area contributed by atoms with E-state index in [1.165, 1.54) is 15.6 Å². The normalized spacial score (nSPS) is 21.8. The third-order valence-corrected chi connectivity index (χ3v) is 8.06. The Labute approximate surface area is 173 Å². The van der Waals surface area contributed by atoms with Gasteiger partial charge < -0.3 is 10.2 Å². The standard InChI is InChI=1S/C20H30ClN3O3S/c1-3-28(26,27)24-10-7-17(8-11-24)20(25)22-13-16-6-9-23(14-16)19-12-18(21)5-4-15(19)2/h4-5,12,16-17H,3,6-11,13-14H2,1-2H3,(H,22,25). The number of sulfonamides is 1. The average Bonchev–Trinajstić information content (AvgIpc) is 3.17. The first-order valence-corrected chi connectivity index (χ1v) is 12.1. The third kappa shape index (κ3) is 4.99. The van der Waals surface area contributed by atoms with E-state index in [1.54, 1.807) is 6.92 Å². The molecular formula is C20H30ClN3O3S. The summed E-state index contributed by atoms with van der Waals surface area (Å²) in [5, 5.41) is 3.84. The van der Waals surface area contributed by atoms with Crippen molar-refractivity contribution in [1.82, 2.24) is 9.62 Å². The van der Waals surface area contributed by atoms with Gasteiger partial charge in [0, 0.05) is 49.4 Å². The molecule has 1 unspecified atom stereocenters. The van der Waals surface area contributed by atoms with E-state index in [0.717, 1.165) is 24.5 Å². The Morgan fingerprint density at radius 2 is 1.93 bits per heavy atom. The quantitative estimate of drug-likeness (QED) is 0.757. The predicted molar refractivity (Wildman–Crippen MR) is 113 cm³/mol. The minimum Gasteiger partial charge on any atom is -0.371 e. The smallest absolute Gasteiger partial charge is 0.223 e. The molecule has 1 N–H and O–H groups in total. The van der Waals surface area contributed by atoms with Crippen LogP contribution in [0.15, 0.2) is 18.2 Å². The van der Waals surface area contributed by atoms with Crippen molar-refractivity contribution in [3.63, 3.8) is 0 Å². The fourth-order valence-corrected chi connectivity index (χ4v) is 5.41. The minimum absolute atomic E-state index is 0.0610. The summed E-state index contributed by atoms with van der Waals surface area (Å²) < 4.78 is 25.4. The second kappa shape index (κ2) is 9.01. The topological polar surface area (TPSA) is 69.7 Å². The molecule has 1 atom stereocenters. The molecular weight excluding hydrogens is 398 g/mol. The molecule has 2 saturated heterocycles. The number of carbonyl (C=O) groups excluding carboxylic acids is 1. The van der Waals surface area contributed by atoms with Crippen LogP contribution in [0.2, 0.25) is 5.02 Å². The summed E-state index contributed by atoms with van der Waals surface area (Å²) in [7, 11) is -3.15. The van der Waals surface area contributed by atoms with Crippen LogP contribution in [0.5, 0.6) is 0 Å². The van der Waals surface area contributed by atoms with Crippen LogP contribution in [-0.2, 0) is 14.8 Å². The SMILES string of the molecule is CCS(=O)(=O)N1CCC(C(=O)NCC2CCN(c3cc(Cl)ccc3C)C2)CC1. The van der Waals surface area contributed by atoms with E-state index in [0.29, 0.717) is 38.4 Å². The monoisotopic (exact) mass is 427 g/mol. The van der Waals surface area contributed by atoms with Crippen molar-refractivity contribution in [1.29, 1.82) is 0 Å². The first-order chi connectivity index (χ1) is 13.3. The van der Waals surface area contributed by atoms with E-state index in [-0.39, 0.29) is 17.6 Å². The summed E-state index contributed by atoms with van der Waals surface area (Å²) in [6, 6.07) is 5.96. The molecule has 2 aliphatic rings. The Morgan fingerprint density at radius 1 is 1.21 bits per heavy atom. The predicted octanol–water partition coefficient (Wildman–Crippen LogP) is 2.65. The van der Waals surface area contributed by atoms with Gasteiger partial charge in [-0.1, -0.05) is 17.7 Å². The molecule has 0 aromatic heterocycles. The highest BCUT2D eigenvalue weighted by Gasteiger charge is 2.31. The Hall–Kier alpha value is -1.31. The molecule has 0 aliphatic carbocycles. The van der Waals surface area contributed by atoms with Gasteiger partial charge in [-0.05, 0) is 56.7 Å². The largest absolute Gasteiger partial charge is 0.371 e. The summed E-state index contributed by atoms with van der Waals surface area (Å²) in [5.41, 5.74) is 2.38. The number of piperidine rings is 1. The highest BCUT2D eigenvalue weighted by molar-refractivity contribution is 7.89. The number of anilines is 1. The number of rotatable bonds is 6. The maximum absolute atomic E-state index is 12.5. The number of hydrogen-bond donors (Lipinski definition) is 1. The molecule has 2 aliphatic heterocycles. The van der Waals surface area contributed by atoms with E-state index in [4.69, 9.17) is 11.6 Å². The minimum atomic E-state index is -3.15. The lowest BCUT2D eigenvalue weighted by molar-refractivity contribution is -0.126. The van der Waals surface area contributed by atoms with Crippen molar-refractivity contribution in [3.8, 4) is 0 Å². The van der Waals surface area contributed by atoms with Crippen LogP contribution < -0.4 is 10.2 Å². The summed E-state index contributed by atoms with van der Waals surface area (Å²) in [6.45, 7) is 7.18. The third-order valence-electron chi connectivity index (χ3n) is 5.95. The Kier molecular flexibility index (Phi) is 6.89. The highest BCUT2D eigenvalue weighted by Crippen LogP contribution is 2.29. The summed E-state index contributed by atoms with van der Waals surface area (Å²) >= 11 is 6.14. The van der Waals surface area contributed by atoms with E-state index in [2.05, 4.69) is 17.1 Å². The van der Waals surface area contributed by atoms with Crippen molar-refractivity contribution >= 4 is 33.2 Å². The maximum Gasteiger partial charge on any atom is 0.223 e. The number of nitrogens with zero attached hydrogens (tertiary/aromatic N) is 2. The lowest BCUT2D eigenvalue weighted by atomic mass is 9.97. The van der Waals surface area contributed by atoms with Gasteiger partial charge in [-0.25, -0.2) is 12.7 Å². The fourth-order valence-electron chi connectivity index (χ4n) is 4.11. The van der Waals surface area contributed by atoms with Crippen molar-refractivity contribution in [3.05, 3.63) is 28.8 Å². The second-order valence-electron chi connectivity index (χ2n) is 7.85. The zero-order valence-corrected chi connectivity index (χ0v) is 18.2. The average molecular weight is 428 g/mol. The summed E-state index contributed by atoms with van der Waals surface area (Å²) in [5.74, 6) is 0.513. The molecule has 2 fully saturated rings. The van der Waals surface area contributed by atoms with Gasteiger partial charge in [0.2, 0.25) is 15.9 Å². The zero-order chi connectivity index (χ0) is 20.3. The van der Waals surface area contributed by atoms with Gasteiger partial charge in [0.1, 0.15) is 0 Å².